The fraction of sp³-hybridized carbons (Fsp3) is 0.500. The maximum absolute atomic E-state index is 13.5. The molecule has 0 bridgehead atoms. The van der Waals surface area contributed by atoms with E-state index in [1.54, 1.807) is 19.2 Å². The van der Waals surface area contributed by atoms with Crippen LogP contribution in [0, 0.1) is 5.82 Å². The quantitative estimate of drug-likeness (QED) is 0.216. The van der Waals surface area contributed by atoms with Crippen LogP contribution in [0.25, 0.3) is 0 Å². The smallest absolute Gasteiger partial charge is 0.305 e. The summed E-state index contributed by atoms with van der Waals surface area (Å²) in [5.41, 5.74) is 0.684. The van der Waals surface area contributed by atoms with Crippen molar-refractivity contribution in [2.45, 2.75) is 25.7 Å². The Kier molecular flexibility index (Phi) is 12.3. The number of benzene rings is 1. The molecule has 0 radical (unpaired) electrons. The summed E-state index contributed by atoms with van der Waals surface area (Å²) in [6, 6.07) is 6.75. The number of aliphatic imine (C=N–C) groups is 1. The Morgan fingerprint density at radius 3 is 2.57 bits per heavy atom. The van der Waals surface area contributed by atoms with E-state index < -0.39 is 0 Å². The molecule has 0 aromatic heterocycles. The van der Waals surface area contributed by atoms with Gasteiger partial charge < -0.3 is 15.4 Å². The lowest BCUT2D eigenvalue weighted by Gasteiger charge is -2.12. The minimum atomic E-state index is -0.188. The zero-order valence-corrected chi connectivity index (χ0v) is 15.9. The molecule has 0 unspecified atom stereocenters. The monoisotopic (exact) mass is 437 g/mol. The van der Waals surface area contributed by atoms with E-state index in [4.69, 9.17) is 0 Å². The molecule has 0 saturated carbocycles. The molecule has 23 heavy (non-hydrogen) atoms. The van der Waals surface area contributed by atoms with Crippen molar-refractivity contribution in [1.82, 2.24) is 10.6 Å². The first-order valence-electron chi connectivity index (χ1n) is 7.42. The van der Waals surface area contributed by atoms with E-state index in [2.05, 4.69) is 20.4 Å². The van der Waals surface area contributed by atoms with Gasteiger partial charge in [0.25, 0.3) is 0 Å². The van der Waals surface area contributed by atoms with E-state index >= 15 is 0 Å². The largest absolute Gasteiger partial charge is 0.469 e. The molecule has 1 rings (SSSR count). The molecule has 0 aliphatic carbocycles. The average Bonchev–Trinajstić information content (AvgIpc) is 2.54. The number of hydrogen-bond donors (Lipinski definition) is 2. The van der Waals surface area contributed by atoms with Gasteiger partial charge in [0.15, 0.2) is 5.96 Å². The first-order chi connectivity index (χ1) is 10.7. The summed E-state index contributed by atoms with van der Waals surface area (Å²) in [6.07, 6.45) is 2.64. The van der Waals surface area contributed by atoms with Crippen LogP contribution in [0.5, 0.6) is 0 Å². The third-order valence-corrected chi connectivity index (χ3v) is 3.20. The fourth-order valence-electron chi connectivity index (χ4n) is 1.94. The highest BCUT2D eigenvalue weighted by Gasteiger charge is 2.02. The van der Waals surface area contributed by atoms with Gasteiger partial charge >= 0.3 is 5.97 Å². The summed E-state index contributed by atoms with van der Waals surface area (Å²) in [6.45, 7) is 1.32. The Labute approximate surface area is 154 Å². The molecule has 1 aromatic carbocycles. The Morgan fingerprint density at radius 1 is 1.22 bits per heavy atom. The number of ether oxygens (including phenoxy) is 1. The molecular weight excluding hydrogens is 412 g/mol. The number of esters is 1. The third kappa shape index (κ3) is 9.37. The highest BCUT2D eigenvalue weighted by atomic mass is 127. The van der Waals surface area contributed by atoms with Crippen molar-refractivity contribution in [2.24, 2.45) is 4.99 Å². The second kappa shape index (κ2) is 13.1. The summed E-state index contributed by atoms with van der Waals surface area (Å²) in [4.78, 5) is 15.1. The molecule has 0 aliphatic rings. The highest BCUT2D eigenvalue weighted by molar-refractivity contribution is 14.0. The van der Waals surface area contributed by atoms with Crippen LogP contribution in [0.1, 0.15) is 24.8 Å². The van der Waals surface area contributed by atoms with E-state index in [9.17, 15) is 9.18 Å². The summed E-state index contributed by atoms with van der Waals surface area (Å²) in [5.74, 6) is 0.303. The first kappa shape index (κ1) is 21.6. The Hall–Kier alpha value is -1.38. The van der Waals surface area contributed by atoms with Crippen LogP contribution in [0.2, 0.25) is 0 Å². The van der Waals surface area contributed by atoms with Crippen molar-refractivity contribution in [1.29, 1.82) is 0 Å². The fourth-order valence-corrected chi connectivity index (χ4v) is 1.94. The van der Waals surface area contributed by atoms with Crippen molar-refractivity contribution in [3.63, 3.8) is 0 Å². The number of guanidine groups is 1. The molecular formula is C16H25FIN3O2. The lowest BCUT2D eigenvalue weighted by Crippen LogP contribution is -2.38. The van der Waals surface area contributed by atoms with E-state index in [-0.39, 0.29) is 35.8 Å². The van der Waals surface area contributed by atoms with Crippen LogP contribution in [-0.4, -0.2) is 39.2 Å². The molecule has 0 amide bonds. The molecule has 0 spiro atoms. The predicted molar refractivity (Wildman–Crippen MR) is 101 cm³/mol. The minimum Gasteiger partial charge on any atom is -0.469 e. The van der Waals surface area contributed by atoms with E-state index in [0.717, 1.165) is 19.4 Å². The summed E-state index contributed by atoms with van der Waals surface area (Å²) < 4.78 is 18.0. The minimum absolute atomic E-state index is 0. The maximum Gasteiger partial charge on any atom is 0.305 e. The van der Waals surface area contributed by atoms with Crippen LogP contribution in [-0.2, 0) is 16.0 Å². The third-order valence-electron chi connectivity index (χ3n) is 3.20. The van der Waals surface area contributed by atoms with Crippen LogP contribution in [0.3, 0.4) is 0 Å². The van der Waals surface area contributed by atoms with Crippen molar-refractivity contribution < 1.29 is 13.9 Å². The number of carbonyl (C=O) groups is 1. The van der Waals surface area contributed by atoms with E-state index in [1.807, 2.05) is 6.07 Å². The molecule has 0 heterocycles. The summed E-state index contributed by atoms with van der Waals surface area (Å²) in [7, 11) is 3.08. The van der Waals surface area contributed by atoms with Gasteiger partial charge in [-0.05, 0) is 30.9 Å². The number of nitrogens with zero attached hydrogens (tertiary/aromatic N) is 1. The van der Waals surface area contributed by atoms with Gasteiger partial charge in [0, 0.05) is 26.6 Å². The van der Waals surface area contributed by atoms with Gasteiger partial charge in [-0.2, -0.15) is 0 Å². The number of nitrogens with one attached hydrogen (secondary N) is 2. The van der Waals surface area contributed by atoms with Crippen molar-refractivity contribution >= 4 is 35.9 Å². The molecule has 0 fully saturated rings. The van der Waals surface area contributed by atoms with Gasteiger partial charge in [-0.3, -0.25) is 9.79 Å². The summed E-state index contributed by atoms with van der Waals surface area (Å²) in [5, 5.41) is 6.29. The van der Waals surface area contributed by atoms with Crippen molar-refractivity contribution in [3.05, 3.63) is 35.6 Å². The summed E-state index contributed by atoms with van der Waals surface area (Å²) >= 11 is 0. The van der Waals surface area contributed by atoms with Crippen LogP contribution < -0.4 is 10.6 Å². The Balaban J connectivity index is 0.00000484. The number of unbranched alkanes of at least 4 members (excludes halogenated alkanes) is 1. The molecule has 2 N–H and O–H groups in total. The highest BCUT2D eigenvalue weighted by Crippen LogP contribution is 2.06. The van der Waals surface area contributed by atoms with Crippen molar-refractivity contribution in [2.75, 3.05) is 27.2 Å². The van der Waals surface area contributed by atoms with Crippen molar-refractivity contribution in [3.8, 4) is 0 Å². The van der Waals surface area contributed by atoms with Gasteiger partial charge in [-0.15, -0.1) is 24.0 Å². The van der Waals surface area contributed by atoms with Crippen LogP contribution in [0.15, 0.2) is 29.3 Å². The Bertz CT molecular complexity index is 498. The topological polar surface area (TPSA) is 62.7 Å². The number of methoxy groups -OCH3 is 1. The number of halogens is 2. The molecule has 0 aliphatic heterocycles. The average molecular weight is 437 g/mol. The molecule has 0 saturated heterocycles. The van der Waals surface area contributed by atoms with Crippen LogP contribution in [0.4, 0.5) is 4.39 Å². The first-order valence-corrected chi connectivity index (χ1v) is 7.42. The van der Waals surface area contributed by atoms with Gasteiger partial charge in [-0.1, -0.05) is 18.2 Å². The Morgan fingerprint density at radius 2 is 1.91 bits per heavy atom. The lowest BCUT2D eigenvalue weighted by molar-refractivity contribution is -0.140. The number of hydrogen-bond acceptors (Lipinski definition) is 3. The standard InChI is InChI=1S/C16H24FN3O2.HI/c1-18-16(19-11-6-5-9-15(21)22-2)20-12-10-13-7-3-4-8-14(13)17;/h3-4,7-8H,5-6,9-12H2,1-2H3,(H2,18,19,20);1H. The van der Waals surface area contributed by atoms with Gasteiger partial charge in [0.1, 0.15) is 5.82 Å². The van der Waals surface area contributed by atoms with Gasteiger partial charge in [0.2, 0.25) is 0 Å². The number of carbonyl (C=O) groups excluding carboxylic acids is 1. The lowest BCUT2D eigenvalue weighted by atomic mass is 10.1. The zero-order chi connectivity index (χ0) is 16.2. The molecule has 5 nitrogen and oxygen atoms in total. The number of rotatable bonds is 8. The van der Waals surface area contributed by atoms with Crippen LogP contribution >= 0.6 is 24.0 Å². The SMILES string of the molecule is CN=C(NCCCCC(=O)OC)NCCc1ccccc1F.I. The normalized spacial score (nSPS) is 10.7. The zero-order valence-electron chi connectivity index (χ0n) is 13.6. The second-order valence-electron chi connectivity index (χ2n) is 4.80. The molecule has 1 aromatic rings. The molecule has 7 heteroatoms. The van der Waals surface area contributed by atoms with Gasteiger partial charge in [0.05, 0.1) is 7.11 Å². The predicted octanol–water partition coefficient (Wildman–Crippen LogP) is 2.49. The van der Waals surface area contributed by atoms with E-state index in [1.165, 1.54) is 13.2 Å². The van der Waals surface area contributed by atoms with Gasteiger partial charge in [-0.25, -0.2) is 4.39 Å². The second-order valence-corrected chi connectivity index (χ2v) is 4.80. The van der Waals surface area contributed by atoms with E-state index in [0.29, 0.717) is 30.9 Å². The maximum atomic E-state index is 13.5. The molecule has 0 atom stereocenters. The molecule has 130 valence electrons.